The molecule has 9 heteroatoms. The fourth-order valence-electron chi connectivity index (χ4n) is 2.68. The van der Waals surface area contributed by atoms with Crippen molar-refractivity contribution >= 4 is 22.5 Å². The van der Waals surface area contributed by atoms with Crippen LogP contribution in [0.1, 0.15) is 23.1 Å². The third-order valence-electron chi connectivity index (χ3n) is 3.86. The van der Waals surface area contributed by atoms with E-state index in [0.29, 0.717) is 5.69 Å². The Kier molecular flexibility index (Phi) is 4.37. The summed E-state index contributed by atoms with van der Waals surface area (Å²) < 4.78 is 28.7. The number of nitrogens with one attached hydrogen (secondary N) is 1. The van der Waals surface area contributed by atoms with E-state index in [1.54, 1.807) is 13.8 Å². The summed E-state index contributed by atoms with van der Waals surface area (Å²) in [7, 11) is 0. The normalized spacial score (nSPS) is 10.9. The molecule has 3 rings (SSSR count). The van der Waals surface area contributed by atoms with E-state index in [-0.39, 0.29) is 39.1 Å². The van der Waals surface area contributed by atoms with E-state index in [0.717, 1.165) is 6.07 Å². The molecule has 26 heavy (non-hydrogen) atoms. The average Bonchev–Trinajstić information content (AvgIpc) is 2.56. The fourth-order valence-corrected chi connectivity index (χ4v) is 2.68. The fraction of sp³-hybridized carbons (Fsp3) is 0.176. The van der Waals surface area contributed by atoms with Crippen LogP contribution in [0.2, 0.25) is 0 Å². The van der Waals surface area contributed by atoms with Crippen LogP contribution in [-0.4, -0.2) is 22.5 Å². The van der Waals surface area contributed by atoms with Gasteiger partial charge < -0.3 is 16.3 Å². The number of benzene rings is 1. The molecule has 0 aliphatic rings. The summed E-state index contributed by atoms with van der Waals surface area (Å²) in [5.74, 6) is -2.40. The van der Waals surface area contributed by atoms with Gasteiger partial charge in [-0.05, 0) is 43.0 Å². The maximum atomic E-state index is 14.5. The zero-order chi connectivity index (χ0) is 19.0. The Hall–Kier alpha value is -3.36. The molecule has 3 aromatic rings. The zero-order valence-electron chi connectivity index (χ0n) is 14.0. The van der Waals surface area contributed by atoms with Crippen LogP contribution in [0.5, 0.6) is 0 Å². The number of amides is 1. The molecule has 1 amide bonds. The van der Waals surface area contributed by atoms with E-state index in [1.807, 2.05) is 0 Å². The molecule has 3 N–H and O–H groups in total. The Labute approximate surface area is 147 Å². The van der Waals surface area contributed by atoms with E-state index in [9.17, 15) is 18.8 Å². The predicted octanol–water partition coefficient (Wildman–Crippen LogP) is 1.85. The Morgan fingerprint density at radius 2 is 2.04 bits per heavy atom. The molecule has 134 valence electrons. The average molecular weight is 359 g/mol. The zero-order valence-corrected chi connectivity index (χ0v) is 14.0. The monoisotopic (exact) mass is 359 g/mol. The summed E-state index contributed by atoms with van der Waals surface area (Å²) in [5.41, 5.74) is 5.24. The van der Waals surface area contributed by atoms with Crippen LogP contribution in [-0.2, 0) is 0 Å². The summed E-state index contributed by atoms with van der Waals surface area (Å²) in [4.78, 5) is 15.7. The van der Waals surface area contributed by atoms with E-state index < -0.39 is 23.4 Å². The van der Waals surface area contributed by atoms with Gasteiger partial charge in [0, 0.05) is 28.3 Å². The summed E-state index contributed by atoms with van der Waals surface area (Å²) in [6, 6.07) is 5.22. The van der Waals surface area contributed by atoms with Crippen molar-refractivity contribution in [3.8, 4) is 11.1 Å². The first-order chi connectivity index (χ1) is 12.3. The van der Waals surface area contributed by atoms with Crippen LogP contribution in [0.15, 0.2) is 24.3 Å². The summed E-state index contributed by atoms with van der Waals surface area (Å²) in [5, 5.41) is 18.6. The maximum Gasteiger partial charge on any atom is 0.332 e. The van der Waals surface area contributed by atoms with Gasteiger partial charge in [0.1, 0.15) is 11.5 Å². The van der Waals surface area contributed by atoms with Crippen LogP contribution in [0, 0.1) is 23.9 Å². The van der Waals surface area contributed by atoms with Crippen molar-refractivity contribution in [1.82, 2.24) is 15.4 Å². The molecule has 0 spiro atoms. The number of fused-ring (bicyclic) bond motifs is 1. The van der Waals surface area contributed by atoms with Crippen molar-refractivity contribution in [2.75, 3.05) is 12.3 Å². The smallest absolute Gasteiger partial charge is 0.332 e. The van der Waals surface area contributed by atoms with Crippen LogP contribution in [0.25, 0.3) is 22.0 Å². The lowest BCUT2D eigenvalue weighted by molar-refractivity contribution is -0.667. The highest BCUT2D eigenvalue weighted by molar-refractivity contribution is 6.06. The molecule has 0 unspecified atom stereocenters. The molecule has 2 heterocycles. The van der Waals surface area contributed by atoms with Gasteiger partial charge in [-0.1, -0.05) is 0 Å². The van der Waals surface area contributed by atoms with Gasteiger partial charge in [0.25, 0.3) is 0 Å². The minimum Gasteiger partial charge on any atom is -0.594 e. The summed E-state index contributed by atoms with van der Waals surface area (Å²) in [6.07, 6.45) is 0. The van der Waals surface area contributed by atoms with Crippen LogP contribution < -0.4 is 15.9 Å². The van der Waals surface area contributed by atoms with Gasteiger partial charge in [-0.25, -0.2) is 9.37 Å². The highest BCUT2D eigenvalue weighted by atomic mass is 19.1. The van der Waals surface area contributed by atoms with Crippen molar-refractivity contribution in [1.29, 1.82) is 0 Å². The third-order valence-corrected chi connectivity index (χ3v) is 3.86. The van der Waals surface area contributed by atoms with Crippen LogP contribution in [0.4, 0.5) is 14.5 Å². The number of aryl methyl sites for hydroxylation is 1. The lowest BCUT2D eigenvalue weighted by Gasteiger charge is -2.11. The Bertz CT molecular complexity index is 1040. The minimum atomic E-state index is -0.901. The van der Waals surface area contributed by atoms with E-state index in [4.69, 9.17) is 5.73 Å². The Morgan fingerprint density at radius 3 is 2.69 bits per heavy atom. The topological polar surface area (TPSA) is 108 Å². The van der Waals surface area contributed by atoms with Gasteiger partial charge in [0.15, 0.2) is 5.52 Å². The molecule has 7 nitrogen and oxygen atoms in total. The standard InChI is InChI=1S/C17H15F2N5O2/c1-3-21-17(25)15-13(20)10-6-7-11(18)12(14(10)23-24(15)26)9-5-4-8(2)22-16(9)19/h4-7H,3,20H2,1-2H3,(H,21,25). The number of nitrogen functional groups attached to an aromatic ring is 1. The van der Waals surface area contributed by atoms with Crippen molar-refractivity contribution in [2.24, 2.45) is 0 Å². The lowest BCUT2D eigenvalue weighted by atomic mass is 10.0. The predicted molar refractivity (Wildman–Crippen MR) is 91.0 cm³/mol. The quantitative estimate of drug-likeness (QED) is 0.421. The molecule has 0 aliphatic heterocycles. The number of carbonyl (C=O) groups excluding carboxylic acids is 1. The van der Waals surface area contributed by atoms with E-state index >= 15 is 0 Å². The SMILES string of the molecule is CCNC(=O)c1c(N)c2ccc(F)c(-c3ccc(C)nc3F)c2n[n+]1[O-]. The van der Waals surface area contributed by atoms with Gasteiger partial charge in [0.05, 0.1) is 5.56 Å². The second-order valence-corrected chi connectivity index (χ2v) is 5.60. The first-order valence-corrected chi connectivity index (χ1v) is 7.78. The van der Waals surface area contributed by atoms with E-state index in [2.05, 4.69) is 15.4 Å². The van der Waals surface area contributed by atoms with Crippen LogP contribution in [0.3, 0.4) is 0 Å². The molecule has 0 aliphatic carbocycles. The van der Waals surface area contributed by atoms with Gasteiger partial charge >= 0.3 is 11.6 Å². The molecule has 0 atom stereocenters. The number of halogens is 2. The molecule has 0 saturated heterocycles. The molecule has 0 fully saturated rings. The molecular formula is C17H15F2N5O2. The number of pyridine rings is 1. The second kappa shape index (κ2) is 6.51. The number of rotatable bonds is 3. The highest BCUT2D eigenvalue weighted by Gasteiger charge is 2.27. The van der Waals surface area contributed by atoms with Gasteiger partial charge in [0.2, 0.25) is 5.95 Å². The Balaban J connectivity index is 2.35. The first kappa shape index (κ1) is 17.5. The number of aromatic nitrogens is 3. The number of hydrogen-bond acceptors (Lipinski definition) is 5. The molecule has 0 radical (unpaired) electrons. The van der Waals surface area contributed by atoms with Crippen molar-refractivity contribution in [3.05, 3.63) is 52.6 Å². The van der Waals surface area contributed by atoms with Crippen molar-refractivity contribution in [2.45, 2.75) is 13.8 Å². The van der Waals surface area contributed by atoms with Crippen molar-refractivity contribution in [3.63, 3.8) is 0 Å². The van der Waals surface area contributed by atoms with Gasteiger partial charge in [-0.3, -0.25) is 4.79 Å². The number of hydrogen-bond donors (Lipinski definition) is 2. The molecular weight excluding hydrogens is 344 g/mol. The highest BCUT2D eigenvalue weighted by Crippen LogP contribution is 2.33. The van der Waals surface area contributed by atoms with Crippen LogP contribution >= 0.6 is 0 Å². The number of nitrogens with two attached hydrogens (primary N) is 1. The Morgan fingerprint density at radius 1 is 1.31 bits per heavy atom. The van der Waals surface area contributed by atoms with Gasteiger partial charge in [-0.15, -0.1) is 0 Å². The largest absolute Gasteiger partial charge is 0.594 e. The first-order valence-electron chi connectivity index (χ1n) is 7.78. The summed E-state index contributed by atoms with van der Waals surface area (Å²) in [6.45, 7) is 3.55. The minimum absolute atomic E-state index is 0.0190. The number of anilines is 1. The molecule has 1 aromatic carbocycles. The second-order valence-electron chi connectivity index (χ2n) is 5.60. The molecule has 0 bridgehead atoms. The maximum absolute atomic E-state index is 14.5. The van der Waals surface area contributed by atoms with E-state index in [1.165, 1.54) is 18.2 Å². The third kappa shape index (κ3) is 2.77. The molecule has 0 saturated carbocycles. The lowest BCUT2D eigenvalue weighted by Crippen LogP contribution is -2.43. The van der Waals surface area contributed by atoms with Gasteiger partial charge in [-0.2, -0.15) is 4.39 Å². The van der Waals surface area contributed by atoms with Crippen molar-refractivity contribution < 1.29 is 18.4 Å². The molecule has 2 aromatic heterocycles. The summed E-state index contributed by atoms with van der Waals surface area (Å²) >= 11 is 0. The number of nitrogens with zero attached hydrogens (tertiary/aromatic N) is 3. The number of carbonyl (C=O) groups is 1.